The van der Waals surface area contributed by atoms with Gasteiger partial charge in [0, 0.05) is 31.6 Å². The molecule has 1 saturated carbocycles. The molecule has 15 atom stereocenters. The van der Waals surface area contributed by atoms with Gasteiger partial charge < -0.3 is 52.1 Å². The lowest BCUT2D eigenvalue weighted by Crippen LogP contribution is -2.66. The molecule has 9 rings (SSSR count). The first-order valence-corrected chi connectivity index (χ1v) is 31.4. The molecule has 2 heterocycles. The van der Waals surface area contributed by atoms with Gasteiger partial charge in [-0.15, -0.1) is 0 Å². The maximum atomic E-state index is 10.5. The SMILES string of the molecule is [N-]=[N+]=NC[C@H]1O[C@H](O[C@H]2C(OCc3ccccc3)C(OC3OC(COCCCCCCBr)C(OCc4ccccc4)[C@H](N=[N+]=[N-])C3OCc3ccccc3)[C@H](N=[N+]=[N-])C[C@@H]2N=[N+]=[N-])C(OCc2ccccc2)C(OCc2ccccc2)[C@@H]1OCc1ccccc1. The van der Waals surface area contributed by atoms with Gasteiger partial charge in [0.05, 0.1) is 95.3 Å². The molecule has 1 aliphatic carbocycles. The molecule has 0 radical (unpaired) electrons. The predicted octanol–water partition coefficient (Wildman–Crippen LogP) is 14.4. The minimum Gasteiger partial charge on any atom is -0.379 e. The Balaban J connectivity index is 1.13. The highest BCUT2D eigenvalue weighted by Gasteiger charge is 2.56. The van der Waals surface area contributed by atoms with E-state index in [0.717, 1.165) is 64.4 Å². The van der Waals surface area contributed by atoms with E-state index in [-0.39, 0.29) is 59.2 Å². The summed E-state index contributed by atoms with van der Waals surface area (Å²) in [6.07, 6.45) is -10.1. The van der Waals surface area contributed by atoms with Crippen LogP contribution in [0.1, 0.15) is 65.5 Å². The smallest absolute Gasteiger partial charge is 0.187 e. The van der Waals surface area contributed by atoms with Crippen LogP contribution in [0.5, 0.6) is 0 Å². The number of alkyl halides is 1. The molecule has 24 heteroatoms. The van der Waals surface area contributed by atoms with Crippen molar-refractivity contribution in [1.82, 2.24) is 0 Å². The Kier molecular flexibility index (Phi) is 27.6. The third kappa shape index (κ3) is 19.8. The van der Waals surface area contributed by atoms with Gasteiger partial charge in [-0.3, -0.25) is 0 Å². The normalized spacial score (nSPS) is 26.4. The van der Waals surface area contributed by atoms with Gasteiger partial charge in [-0.25, -0.2) is 0 Å². The quantitative estimate of drug-likeness (QED) is 0.0118. The Bertz CT molecular complexity index is 3230. The van der Waals surface area contributed by atoms with Crippen molar-refractivity contribution in [1.29, 1.82) is 0 Å². The topological polar surface area (TPSA) is 297 Å². The van der Waals surface area contributed by atoms with Crippen molar-refractivity contribution < 1.29 is 52.1 Å². The zero-order chi connectivity index (χ0) is 62.4. The van der Waals surface area contributed by atoms with Gasteiger partial charge in [0.15, 0.2) is 12.6 Å². The zero-order valence-electron chi connectivity index (χ0n) is 49.8. The van der Waals surface area contributed by atoms with E-state index in [1.54, 1.807) is 0 Å². The molecule has 3 fully saturated rings. The molecule has 0 N–H and O–H groups in total. The minimum absolute atomic E-state index is 0.00760. The van der Waals surface area contributed by atoms with E-state index in [1.165, 1.54) is 0 Å². The standard InChI is InChI=1S/C66H75BrN12O11/c67-35-21-1-2-22-36-80-45-55-59(81-39-46-23-9-3-10-24-46)56(75-79-71)61(83-41-48-27-13-5-14-28-48)65(88-55)89-57-52(73-77-69)37-53(74-78-70)58(62(57)84-42-49-29-15-6-16-30-49)90-66-64(86-44-51-33-19-8-20-34-51)63(85-43-50-31-17-7-18-32-50)60(54(87-66)38-72-76-68)82-40-47-25-11-4-12-26-47/h3-20,23-34,52-66H,1-2,21-22,35-45H2/t52-,53+,54-,55?,56+,57?,58-,59?,60-,61?,62?,63?,64?,65?,66-/m1/s1. The first-order valence-electron chi connectivity index (χ1n) is 30.3. The molecule has 90 heavy (non-hydrogen) atoms. The molecule has 0 spiro atoms. The third-order valence-corrected chi connectivity index (χ3v) is 16.3. The number of nitrogens with zero attached hydrogens (tertiary/aromatic N) is 12. The summed E-state index contributed by atoms with van der Waals surface area (Å²) in [5.74, 6) is 0. The summed E-state index contributed by atoms with van der Waals surface area (Å²) in [7, 11) is 0. The highest BCUT2D eigenvalue weighted by atomic mass is 79.9. The number of unbranched alkanes of at least 4 members (excludes halogenated alkanes) is 3. The van der Waals surface area contributed by atoms with E-state index in [9.17, 15) is 22.1 Å². The predicted molar refractivity (Wildman–Crippen MR) is 338 cm³/mol. The molecule has 6 aromatic carbocycles. The van der Waals surface area contributed by atoms with Crippen LogP contribution < -0.4 is 0 Å². The van der Waals surface area contributed by atoms with Crippen molar-refractivity contribution in [3.05, 3.63) is 257 Å². The van der Waals surface area contributed by atoms with Crippen LogP contribution in [0.3, 0.4) is 0 Å². The fourth-order valence-electron chi connectivity index (χ4n) is 11.3. The van der Waals surface area contributed by atoms with Crippen LogP contribution in [0.4, 0.5) is 0 Å². The molecule has 0 amide bonds. The number of ether oxygens (including phenoxy) is 11. The number of hydrogen-bond acceptors (Lipinski definition) is 15. The third-order valence-electron chi connectivity index (χ3n) is 15.8. The number of azide groups is 4. The van der Waals surface area contributed by atoms with E-state index >= 15 is 0 Å². The van der Waals surface area contributed by atoms with Crippen molar-refractivity contribution in [2.45, 2.75) is 163 Å². The average Bonchev–Trinajstić information content (AvgIpc) is 0.965. The lowest BCUT2D eigenvalue weighted by molar-refractivity contribution is -0.351. The number of hydrogen-bond donors (Lipinski definition) is 0. The van der Waals surface area contributed by atoms with Gasteiger partial charge >= 0.3 is 0 Å². The Morgan fingerprint density at radius 3 is 1.18 bits per heavy atom. The van der Waals surface area contributed by atoms with Crippen LogP contribution in [0.2, 0.25) is 0 Å². The number of rotatable bonds is 35. The molecule has 8 unspecified atom stereocenters. The molecule has 472 valence electrons. The summed E-state index contributed by atoms with van der Waals surface area (Å²) in [6.45, 7) is 0.608. The van der Waals surface area contributed by atoms with Gasteiger partial charge in [-0.1, -0.05) is 231 Å². The summed E-state index contributed by atoms with van der Waals surface area (Å²) in [5.41, 5.74) is 46.2. The number of benzene rings is 6. The lowest BCUT2D eigenvalue weighted by Gasteiger charge is -2.51. The molecule has 6 aromatic rings. The van der Waals surface area contributed by atoms with Gasteiger partial charge in [0.25, 0.3) is 0 Å². The summed E-state index contributed by atoms with van der Waals surface area (Å²) in [6, 6.07) is 53.9. The first-order chi connectivity index (χ1) is 44.5. The minimum atomic E-state index is -1.41. The lowest BCUT2D eigenvalue weighted by atomic mass is 9.83. The largest absolute Gasteiger partial charge is 0.379 e. The highest BCUT2D eigenvalue weighted by Crippen LogP contribution is 2.40. The van der Waals surface area contributed by atoms with Crippen molar-refractivity contribution >= 4 is 15.9 Å². The van der Waals surface area contributed by atoms with Crippen LogP contribution in [-0.2, 0) is 91.7 Å². The molecular weight excluding hydrogens is 1220 g/mol. The molecule has 23 nitrogen and oxygen atoms in total. The second-order valence-corrected chi connectivity index (χ2v) is 22.7. The van der Waals surface area contributed by atoms with E-state index in [4.69, 9.17) is 52.1 Å². The highest BCUT2D eigenvalue weighted by molar-refractivity contribution is 9.09. The second kappa shape index (κ2) is 37.1. The second-order valence-electron chi connectivity index (χ2n) is 21.9. The monoisotopic (exact) mass is 1290 g/mol. The van der Waals surface area contributed by atoms with Gasteiger partial charge in [0.2, 0.25) is 0 Å². The Labute approximate surface area is 531 Å². The molecule has 0 aromatic heterocycles. The van der Waals surface area contributed by atoms with Crippen molar-refractivity contribution in [2.75, 3.05) is 25.1 Å². The van der Waals surface area contributed by atoms with Gasteiger partial charge in [0.1, 0.15) is 36.6 Å². The van der Waals surface area contributed by atoms with Crippen molar-refractivity contribution in [2.24, 2.45) is 20.5 Å². The van der Waals surface area contributed by atoms with Crippen molar-refractivity contribution in [3.63, 3.8) is 0 Å². The van der Waals surface area contributed by atoms with E-state index in [2.05, 4.69) is 56.0 Å². The Hall–Kier alpha value is -7.40. The average molecular weight is 1290 g/mol. The summed E-state index contributed by atoms with van der Waals surface area (Å²) >= 11 is 3.53. The van der Waals surface area contributed by atoms with Crippen LogP contribution >= 0.6 is 15.9 Å². The summed E-state index contributed by atoms with van der Waals surface area (Å²) in [4.78, 5) is 13.1. The molecule has 2 aliphatic heterocycles. The first kappa shape index (κ1) is 67.0. The van der Waals surface area contributed by atoms with Crippen LogP contribution in [-0.4, -0.2) is 117 Å². The zero-order valence-corrected chi connectivity index (χ0v) is 51.4. The molecule has 3 aliphatic rings. The Morgan fingerprint density at radius 2 is 0.756 bits per heavy atom. The van der Waals surface area contributed by atoms with E-state index in [1.807, 2.05) is 182 Å². The molecule has 0 bridgehead atoms. The van der Waals surface area contributed by atoms with Crippen molar-refractivity contribution in [3.8, 4) is 0 Å². The maximum absolute atomic E-state index is 10.5. The molecular formula is C66H75BrN12O11. The summed E-state index contributed by atoms with van der Waals surface area (Å²) < 4.78 is 76.5. The molecule has 2 saturated heterocycles. The van der Waals surface area contributed by atoms with Gasteiger partial charge in [-0.2, -0.15) is 0 Å². The van der Waals surface area contributed by atoms with E-state index in [0.29, 0.717) is 6.61 Å². The van der Waals surface area contributed by atoms with E-state index < -0.39 is 91.7 Å². The fourth-order valence-corrected chi connectivity index (χ4v) is 11.7. The summed E-state index contributed by atoms with van der Waals surface area (Å²) in [5, 5.41) is 18.0. The maximum Gasteiger partial charge on any atom is 0.187 e. The Morgan fingerprint density at radius 1 is 0.389 bits per heavy atom. The van der Waals surface area contributed by atoms with Crippen LogP contribution in [0.15, 0.2) is 202 Å². The fraction of sp³-hybridized carbons (Fsp3) is 0.455. The van der Waals surface area contributed by atoms with Crippen LogP contribution in [0, 0.1) is 0 Å². The number of halogens is 1. The van der Waals surface area contributed by atoms with Crippen LogP contribution in [0.25, 0.3) is 41.8 Å². The van der Waals surface area contributed by atoms with Gasteiger partial charge in [-0.05, 0) is 74.8 Å².